The van der Waals surface area contributed by atoms with Crippen molar-refractivity contribution in [2.24, 2.45) is 14.1 Å². The Labute approximate surface area is 176 Å². The van der Waals surface area contributed by atoms with Crippen LogP contribution in [0.25, 0.3) is 11.0 Å². The molecule has 0 aliphatic rings. The first kappa shape index (κ1) is 21.9. The molecule has 0 saturated carbocycles. The van der Waals surface area contributed by atoms with Crippen molar-refractivity contribution < 1.29 is 24.5 Å². The number of carboxylic acids is 1. The molecular weight excluding hydrogens is 406 g/mol. The molecule has 0 unspecified atom stereocenters. The third-order valence-electron chi connectivity index (χ3n) is 5.46. The predicted octanol–water partition coefficient (Wildman–Crippen LogP) is 0.832. The van der Waals surface area contributed by atoms with Crippen LogP contribution in [0.4, 0.5) is 0 Å². The molecule has 3 rings (SSSR count). The number of methoxy groups -OCH3 is 1. The van der Waals surface area contributed by atoms with Gasteiger partial charge in [0.1, 0.15) is 12.3 Å². The topological polar surface area (TPSA) is 133 Å². The standard InChI is InChI=1S/C21H23N3O7/c1-11-7-16(25)19(20(29)24(11)10-17(26)27)13(9-18(28)31-4)12-5-6-14-15(8-12)23(3)21(30)22(14)2/h5-8,13,25H,9-10H2,1-4H3,(H,26,27)/t13-/m0/s1. The number of pyridine rings is 1. The number of aromatic nitrogens is 3. The molecule has 0 aliphatic heterocycles. The van der Waals surface area contributed by atoms with Gasteiger partial charge in [0, 0.05) is 25.7 Å². The highest BCUT2D eigenvalue weighted by molar-refractivity contribution is 5.78. The van der Waals surface area contributed by atoms with Gasteiger partial charge in [-0.25, -0.2) is 4.79 Å². The maximum atomic E-state index is 13.1. The first-order valence-electron chi connectivity index (χ1n) is 9.44. The van der Waals surface area contributed by atoms with Gasteiger partial charge in [0.2, 0.25) is 0 Å². The number of carbonyl (C=O) groups is 2. The van der Waals surface area contributed by atoms with Crippen molar-refractivity contribution in [3.8, 4) is 5.75 Å². The number of imidazole rings is 1. The van der Waals surface area contributed by atoms with E-state index < -0.39 is 30.0 Å². The highest BCUT2D eigenvalue weighted by atomic mass is 16.5. The van der Waals surface area contributed by atoms with Crippen molar-refractivity contribution >= 4 is 23.0 Å². The Balaban J connectivity index is 2.29. The monoisotopic (exact) mass is 429 g/mol. The first-order valence-corrected chi connectivity index (χ1v) is 9.44. The summed E-state index contributed by atoms with van der Waals surface area (Å²) in [5, 5.41) is 19.8. The maximum absolute atomic E-state index is 13.1. The highest BCUT2D eigenvalue weighted by Gasteiger charge is 2.27. The van der Waals surface area contributed by atoms with E-state index in [4.69, 9.17) is 9.84 Å². The van der Waals surface area contributed by atoms with Crippen LogP contribution < -0.4 is 11.2 Å². The first-order chi connectivity index (χ1) is 14.6. The largest absolute Gasteiger partial charge is 0.507 e. The number of carbonyl (C=O) groups excluding carboxylic acids is 1. The Hall–Kier alpha value is -3.82. The number of fused-ring (bicyclic) bond motifs is 1. The van der Waals surface area contributed by atoms with Crippen molar-refractivity contribution in [3.63, 3.8) is 0 Å². The summed E-state index contributed by atoms with van der Waals surface area (Å²) in [5.41, 5.74) is 0.942. The zero-order chi connectivity index (χ0) is 23.0. The molecule has 0 aliphatic carbocycles. The van der Waals surface area contributed by atoms with Crippen LogP contribution in [0, 0.1) is 6.92 Å². The number of aromatic hydroxyl groups is 1. The zero-order valence-electron chi connectivity index (χ0n) is 17.6. The lowest BCUT2D eigenvalue weighted by Crippen LogP contribution is -2.30. The Bertz CT molecular complexity index is 1310. The molecule has 0 bridgehead atoms. The van der Waals surface area contributed by atoms with Crippen LogP contribution in [0.5, 0.6) is 5.75 Å². The van der Waals surface area contributed by atoms with Gasteiger partial charge >= 0.3 is 17.6 Å². The number of esters is 1. The van der Waals surface area contributed by atoms with E-state index in [-0.39, 0.29) is 29.1 Å². The van der Waals surface area contributed by atoms with Crippen LogP contribution in [0.1, 0.15) is 29.2 Å². The van der Waals surface area contributed by atoms with E-state index in [1.807, 2.05) is 0 Å². The molecular formula is C21H23N3O7. The molecule has 2 N–H and O–H groups in total. The molecule has 0 spiro atoms. The van der Waals surface area contributed by atoms with Crippen molar-refractivity contribution in [1.82, 2.24) is 13.7 Å². The Kier molecular flexibility index (Phi) is 5.74. The average Bonchev–Trinajstić information content (AvgIpc) is 2.93. The van der Waals surface area contributed by atoms with E-state index in [1.54, 1.807) is 32.3 Å². The van der Waals surface area contributed by atoms with Crippen molar-refractivity contribution in [1.29, 1.82) is 0 Å². The van der Waals surface area contributed by atoms with Crippen molar-refractivity contribution in [3.05, 3.63) is 61.9 Å². The number of carboxylic acid groups (broad SMARTS) is 1. The summed E-state index contributed by atoms with van der Waals surface area (Å²) in [4.78, 5) is 48.8. The third kappa shape index (κ3) is 3.83. The van der Waals surface area contributed by atoms with Crippen LogP contribution in [0.2, 0.25) is 0 Å². The SMILES string of the molecule is COC(=O)C[C@@H](c1ccc2c(c1)n(C)c(=O)n2C)c1c(O)cc(C)n(CC(=O)O)c1=O. The minimum Gasteiger partial charge on any atom is -0.507 e. The third-order valence-corrected chi connectivity index (χ3v) is 5.46. The van der Waals surface area contributed by atoms with E-state index in [9.17, 15) is 24.3 Å². The number of rotatable bonds is 6. The van der Waals surface area contributed by atoms with Crippen LogP contribution >= 0.6 is 0 Å². The van der Waals surface area contributed by atoms with Gasteiger partial charge in [0.05, 0.1) is 30.1 Å². The molecule has 0 saturated heterocycles. The molecule has 10 heteroatoms. The summed E-state index contributed by atoms with van der Waals surface area (Å²) in [6.45, 7) is 0.921. The summed E-state index contributed by atoms with van der Waals surface area (Å²) in [7, 11) is 4.45. The van der Waals surface area contributed by atoms with Crippen molar-refractivity contribution in [2.75, 3.05) is 7.11 Å². The molecule has 1 atom stereocenters. The summed E-state index contributed by atoms with van der Waals surface area (Å²) >= 11 is 0. The Morgan fingerprint density at radius 3 is 2.35 bits per heavy atom. The Morgan fingerprint density at radius 1 is 1.10 bits per heavy atom. The number of aliphatic carboxylic acids is 1. The number of hydrogen-bond donors (Lipinski definition) is 2. The van der Waals surface area contributed by atoms with Crippen molar-refractivity contribution in [2.45, 2.75) is 25.8 Å². The van der Waals surface area contributed by atoms with Crippen LogP contribution in [0.15, 0.2) is 33.9 Å². The fourth-order valence-electron chi connectivity index (χ4n) is 3.81. The number of nitrogens with zero attached hydrogens (tertiary/aromatic N) is 3. The van der Waals surface area contributed by atoms with Crippen LogP contribution in [0.3, 0.4) is 0 Å². The molecule has 31 heavy (non-hydrogen) atoms. The zero-order valence-corrected chi connectivity index (χ0v) is 17.6. The second kappa shape index (κ2) is 8.13. The predicted molar refractivity (Wildman–Crippen MR) is 111 cm³/mol. The average molecular weight is 429 g/mol. The molecule has 2 heterocycles. The van der Waals surface area contributed by atoms with Crippen LogP contribution in [-0.4, -0.2) is 43.0 Å². The maximum Gasteiger partial charge on any atom is 0.328 e. The van der Waals surface area contributed by atoms with Gasteiger partial charge in [-0.15, -0.1) is 0 Å². The normalized spacial score (nSPS) is 12.1. The summed E-state index contributed by atoms with van der Waals surface area (Å²) < 4.78 is 8.71. The molecule has 1 aromatic carbocycles. The number of ether oxygens (including phenoxy) is 1. The fourth-order valence-corrected chi connectivity index (χ4v) is 3.81. The van der Waals surface area contributed by atoms with Gasteiger partial charge in [-0.05, 0) is 30.7 Å². The molecule has 0 radical (unpaired) electrons. The number of aryl methyl sites for hydroxylation is 3. The van der Waals surface area contributed by atoms with E-state index in [0.29, 0.717) is 16.6 Å². The Morgan fingerprint density at radius 2 is 1.74 bits per heavy atom. The molecule has 2 aromatic heterocycles. The van der Waals surface area contributed by atoms with Gasteiger partial charge < -0.3 is 19.5 Å². The van der Waals surface area contributed by atoms with Gasteiger partial charge in [-0.3, -0.25) is 23.5 Å². The molecule has 10 nitrogen and oxygen atoms in total. The van der Waals surface area contributed by atoms with E-state index in [2.05, 4.69) is 0 Å². The van der Waals surface area contributed by atoms with E-state index in [1.165, 1.54) is 29.2 Å². The smallest absolute Gasteiger partial charge is 0.328 e. The molecule has 164 valence electrons. The van der Waals surface area contributed by atoms with Gasteiger partial charge in [-0.2, -0.15) is 0 Å². The molecule has 0 amide bonds. The van der Waals surface area contributed by atoms with Gasteiger partial charge in [0.15, 0.2) is 0 Å². The lowest BCUT2D eigenvalue weighted by atomic mass is 9.88. The number of benzene rings is 1. The minimum atomic E-state index is -1.22. The lowest BCUT2D eigenvalue weighted by molar-refractivity contribution is -0.141. The second-order valence-electron chi connectivity index (χ2n) is 7.35. The second-order valence-corrected chi connectivity index (χ2v) is 7.35. The molecule has 3 aromatic rings. The summed E-state index contributed by atoms with van der Waals surface area (Å²) in [5.74, 6) is -3.09. The number of hydrogen-bond acceptors (Lipinski definition) is 6. The fraction of sp³-hybridized carbons (Fsp3) is 0.333. The minimum absolute atomic E-state index is 0.113. The van der Waals surface area contributed by atoms with Gasteiger partial charge in [-0.1, -0.05) is 6.07 Å². The van der Waals surface area contributed by atoms with E-state index in [0.717, 1.165) is 4.57 Å². The van der Waals surface area contributed by atoms with Crippen LogP contribution in [-0.2, 0) is 35.0 Å². The summed E-state index contributed by atoms with van der Waals surface area (Å²) in [6, 6.07) is 6.32. The lowest BCUT2D eigenvalue weighted by Gasteiger charge is -2.20. The molecule has 0 fully saturated rings. The van der Waals surface area contributed by atoms with Gasteiger partial charge in [0.25, 0.3) is 5.56 Å². The van der Waals surface area contributed by atoms with E-state index >= 15 is 0 Å². The highest BCUT2D eigenvalue weighted by Crippen LogP contribution is 2.33. The summed E-state index contributed by atoms with van der Waals surface area (Å²) in [6.07, 6.45) is -0.262. The quantitative estimate of drug-likeness (QED) is 0.555.